The Bertz CT molecular complexity index is 1260. The van der Waals surface area contributed by atoms with Crippen molar-refractivity contribution in [3.8, 4) is 11.5 Å². The van der Waals surface area contributed by atoms with Crippen LogP contribution < -0.4 is 18.5 Å². The van der Waals surface area contributed by atoms with Crippen LogP contribution in [0.5, 0.6) is 11.5 Å². The number of anilines is 2. The molecule has 3 rings (SSSR count). The summed E-state index contributed by atoms with van der Waals surface area (Å²) in [4.78, 5) is 12.2. The lowest BCUT2D eigenvalue weighted by Gasteiger charge is -2.18. The third kappa shape index (κ3) is 4.30. The van der Waals surface area contributed by atoms with Crippen LogP contribution in [0.15, 0.2) is 35.2 Å². The third-order valence-corrected chi connectivity index (χ3v) is 8.45. The van der Waals surface area contributed by atoms with Crippen molar-refractivity contribution in [3.05, 3.63) is 40.9 Å². The molecule has 2 aromatic carbocycles. The zero-order valence-electron chi connectivity index (χ0n) is 17.2. The van der Waals surface area contributed by atoms with E-state index < -0.39 is 31.9 Å². The molecule has 1 aliphatic heterocycles. The van der Waals surface area contributed by atoms with E-state index in [-0.39, 0.29) is 44.1 Å². The Morgan fingerprint density at radius 1 is 1.13 bits per heavy atom. The SMILES string of the molecule is COc1cc(NS(=O)(=O)c2ccc(N3C(=O)C(C)CS3(=O)=O)cc2C)c(OC)cc1Cl. The molecular weight excluding hydrogens is 468 g/mol. The highest BCUT2D eigenvalue weighted by atomic mass is 35.5. The first-order chi connectivity index (χ1) is 14.4. The minimum absolute atomic E-state index is 0.0932. The second-order valence-corrected chi connectivity index (χ2v) is 10.9. The number of halogens is 1. The molecule has 1 fully saturated rings. The highest BCUT2D eigenvalue weighted by molar-refractivity contribution is 7.94. The first-order valence-electron chi connectivity index (χ1n) is 9.03. The number of hydrogen-bond donors (Lipinski definition) is 1. The van der Waals surface area contributed by atoms with E-state index in [0.29, 0.717) is 0 Å². The van der Waals surface area contributed by atoms with Crippen molar-refractivity contribution in [2.24, 2.45) is 5.92 Å². The molecule has 0 radical (unpaired) electrons. The van der Waals surface area contributed by atoms with Crippen molar-refractivity contribution in [1.29, 1.82) is 0 Å². The van der Waals surface area contributed by atoms with E-state index in [2.05, 4.69) is 4.72 Å². The van der Waals surface area contributed by atoms with Gasteiger partial charge in [0.25, 0.3) is 10.0 Å². The standard InChI is InChI=1S/C19H21ClN2O7S2/c1-11-7-13(22-19(23)12(2)10-30(22,24)25)5-6-18(11)31(26,27)21-15-9-16(28-3)14(20)8-17(15)29-4/h5-9,12,21H,10H2,1-4H3. The molecule has 2 aromatic rings. The maximum atomic E-state index is 13.0. The molecule has 0 bridgehead atoms. The van der Waals surface area contributed by atoms with E-state index in [0.717, 1.165) is 4.31 Å². The van der Waals surface area contributed by atoms with Crippen molar-refractivity contribution in [2.45, 2.75) is 18.7 Å². The van der Waals surface area contributed by atoms with E-state index >= 15 is 0 Å². The fraction of sp³-hybridized carbons (Fsp3) is 0.316. The summed E-state index contributed by atoms with van der Waals surface area (Å²) in [6, 6.07) is 6.69. The number of carbonyl (C=O) groups is 1. The summed E-state index contributed by atoms with van der Waals surface area (Å²) in [5, 5.41) is 0.244. The minimum Gasteiger partial charge on any atom is -0.495 e. The summed E-state index contributed by atoms with van der Waals surface area (Å²) in [7, 11) is -5.13. The number of aryl methyl sites for hydroxylation is 1. The molecule has 1 saturated heterocycles. The quantitative estimate of drug-likeness (QED) is 0.663. The fourth-order valence-corrected chi connectivity index (χ4v) is 6.62. The van der Waals surface area contributed by atoms with Crippen LogP contribution >= 0.6 is 11.6 Å². The molecule has 0 aliphatic carbocycles. The molecule has 1 heterocycles. The van der Waals surface area contributed by atoms with Gasteiger partial charge in [-0.2, -0.15) is 0 Å². The van der Waals surface area contributed by atoms with Crippen molar-refractivity contribution < 1.29 is 31.1 Å². The third-order valence-electron chi connectivity index (χ3n) is 4.76. The lowest BCUT2D eigenvalue weighted by atomic mass is 10.2. The molecule has 1 aliphatic rings. The average Bonchev–Trinajstić information content (AvgIpc) is 2.88. The Morgan fingerprint density at radius 2 is 1.77 bits per heavy atom. The van der Waals surface area contributed by atoms with E-state index in [1.165, 1.54) is 58.4 Å². The number of carbonyl (C=O) groups excluding carboxylic acids is 1. The number of nitrogens with zero attached hydrogens (tertiary/aromatic N) is 1. The monoisotopic (exact) mass is 488 g/mol. The van der Waals surface area contributed by atoms with E-state index in [1.54, 1.807) is 0 Å². The second kappa shape index (κ2) is 8.21. The second-order valence-electron chi connectivity index (χ2n) is 7.02. The molecule has 1 amide bonds. The Morgan fingerprint density at radius 3 is 2.29 bits per heavy atom. The number of methoxy groups -OCH3 is 2. The lowest BCUT2D eigenvalue weighted by molar-refractivity contribution is -0.119. The lowest BCUT2D eigenvalue weighted by Crippen LogP contribution is -2.30. The van der Waals surface area contributed by atoms with Gasteiger partial charge >= 0.3 is 0 Å². The summed E-state index contributed by atoms with van der Waals surface area (Å²) in [5.41, 5.74) is 0.461. The van der Waals surface area contributed by atoms with Crippen LogP contribution in [0.25, 0.3) is 0 Å². The normalized spacial score (nSPS) is 18.2. The average molecular weight is 489 g/mol. The maximum Gasteiger partial charge on any atom is 0.262 e. The van der Waals surface area contributed by atoms with Crippen LogP contribution in [0, 0.1) is 12.8 Å². The summed E-state index contributed by atoms with van der Waals surface area (Å²) < 4.78 is 64.1. The van der Waals surface area contributed by atoms with Gasteiger partial charge in [0.2, 0.25) is 15.9 Å². The number of hydrogen-bond acceptors (Lipinski definition) is 7. The van der Waals surface area contributed by atoms with Crippen molar-refractivity contribution in [3.63, 3.8) is 0 Å². The predicted octanol–water partition coefficient (Wildman–Crippen LogP) is 2.78. The van der Waals surface area contributed by atoms with Gasteiger partial charge in [-0.3, -0.25) is 9.52 Å². The van der Waals surface area contributed by atoms with Crippen LogP contribution in [0.4, 0.5) is 11.4 Å². The molecular formula is C19H21ClN2O7S2. The molecule has 0 aromatic heterocycles. The van der Waals surface area contributed by atoms with Crippen LogP contribution in [0.2, 0.25) is 5.02 Å². The van der Waals surface area contributed by atoms with Crippen LogP contribution in [0.3, 0.4) is 0 Å². The molecule has 1 atom stereocenters. The predicted molar refractivity (Wildman–Crippen MR) is 117 cm³/mol. The van der Waals surface area contributed by atoms with E-state index in [4.69, 9.17) is 21.1 Å². The number of benzene rings is 2. The molecule has 0 spiro atoms. The van der Waals surface area contributed by atoms with Crippen molar-refractivity contribution >= 4 is 48.9 Å². The smallest absolute Gasteiger partial charge is 0.262 e. The molecule has 0 saturated carbocycles. The summed E-state index contributed by atoms with van der Waals surface area (Å²) in [6.07, 6.45) is 0. The zero-order chi connectivity index (χ0) is 23.1. The van der Waals surface area contributed by atoms with Crippen LogP contribution in [-0.2, 0) is 24.8 Å². The number of nitrogens with one attached hydrogen (secondary N) is 1. The van der Waals surface area contributed by atoms with Crippen molar-refractivity contribution in [2.75, 3.05) is 29.0 Å². The molecule has 31 heavy (non-hydrogen) atoms. The first kappa shape index (κ1) is 23.2. The Kier molecular flexibility index (Phi) is 6.14. The van der Waals surface area contributed by atoms with Crippen molar-refractivity contribution in [1.82, 2.24) is 0 Å². The Balaban J connectivity index is 2.00. The van der Waals surface area contributed by atoms with Gasteiger partial charge in [-0.15, -0.1) is 0 Å². The summed E-state index contributed by atoms with van der Waals surface area (Å²) >= 11 is 6.05. The zero-order valence-corrected chi connectivity index (χ0v) is 19.6. The van der Waals surface area contributed by atoms with Crippen LogP contribution in [-0.4, -0.2) is 42.7 Å². The number of amides is 1. The van der Waals surface area contributed by atoms with E-state index in [9.17, 15) is 21.6 Å². The highest BCUT2D eigenvalue weighted by Crippen LogP contribution is 2.37. The van der Waals surface area contributed by atoms with Gasteiger partial charge in [0.1, 0.15) is 11.5 Å². The number of sulfonamides is 2. The number of ether oxygens (including phenoxy) is 2. The van der Waals surface area contributed by atoms with Crippen LogP contribution in [0.1, 0.15) is 12.5 Å². The van der Waals surface area contributed by atoms with E-state index in [1.807, 2.05) is 0 Å². The topological polar surface area (TPSA) is 119 Å². The minimum atomic E-state index is -4.09. The fourth-order valence-electron chi connectivity index (χ4n) is 3.29. The molecule has 1 unspecified atom stereocenters. The number of rotatable bonds is 6. The van der Waals surface area contributed by atoms with Gasteiger partial charge in [-0.05, 0) is 30.7 Å². The Labute approximate surface area is 186 Å². The summed E-state index contributed by atoms with van der Waals surface area (Å²) in [5.74, 6) is -1.07. The van der Waals surface area contributed by atoms with Gasteiger partial charge < -0.3 is 9.47 Å². The summed E-state index contributed by atoms with van der Waals surface area (Å²) in [6.45, 7) is 3.04. The first-order valence-corrected chi connectivity index (χ1v) is 12.5. The molecule has 12 heteroatoms. The molecule has 9 nitrogen and oxygen atoms in total. The largest absolute Gasteiger partial charge is 0.495 e. The molecule has 1 N–H and O–H groups in total. The van der Waals surface area contributed by atoms with Gasteiger partial charge in [0.15, 0.2) is 0 Å². The van der Waals surface area contributed by atoms with Gasteiger partial charge in [-0.1, -0.05) is 18.5 Å². The highest BCUT2D eigenvalue weighted by Gasteiger charge is 2.42. The van der Waals surface area contributed by atoms with Gasteiger partial charge in [0, 0.05) is 12.1 Å². The van der Waals surface area contributed by atoms with Gasteiger partial charge in [0.05, 0.1) is 47.2 Å². The Hall–Kier alpha value is -2.50. The van der Waals surface area contributed by atoms with Gasteiger partial charge in [-0.25, -0.2) is 21.1 Å². The maximum absolute atomic E-state index is 13.0. The molecule has 168 valence electrons.